The predicted octanol–water partition coefficient (Wildman–Crippen LogP) is 4.42. The van der Waals surface area contributed by atoms with E-state index in [0.717, 1.165) is 0 Å². The number of fused-ring (bicyclic) bond motifs is 1. The normalized spacial score (nSPS) is 21.4. The number of hydrogen-bond donors (Lipinski definition) is 2. The highest BCUT2D eigenvalue weighted by Gasteiger charge is 2.48. The summed E-state index contributed by atoms with van der Waals surface area (Å²) in [7, 11) is -1.66. The molecule has 43 heavy (non-hydrogen) atoms. The summed E-state index contributed by atoms with van der Waals surface area (Å²) in [5, 5.41) is 21.4. The molecule has 14 heteroatoms. The Bertz CT molecular complexity index is 1380. The monoisotopic (exact) mass is 614 g/mol. The smallest absolute Gasteiger partial charge is 0.259 e. The number of hydrogen-bond acceptors (Lipinski definition) is 11. The van der Waals surface area contributed by atoms with Crippen molar-refractivity contribution in [3.63, 3.8) is 0 Å². The van der Waals surface area contributed by atoms with Crippen LogP contribution in [-0.4, -0.2) is 85.4 Å². The van der Waals surface area contributed by atoms with Crippen LogP contribution in [0.5, 0.6) is 0 Å². The number of carbonyl (C=O) groups is 1. The quantitative estimate of drug-likeness (QED) is 0.184. The number of imidazole rings is 1. The van der Waals surface area contributed by atoms with E-state index in [1.807, 2.05) is 33.8 Å². The summed E-state index contributed by atoms with van der Waals surface area (Å²) < 4.78 is 37.6. The van der Waals surface area contributed by atoms with Gasteiger partial charge in [-0.05, 0) is 53.1 Å². The van der Waals surface area contributed by atoms with Crippen molar-refractivity contribution in [3.8, 4) is 6.07 Å². The molecule has 0 bridgehead atoms. The molecule has 1 saturated heterocycles. The Morgan fingerprint density at radius 1 is 1.21 bits per heavy atom. The highest BCUT2D eigenvalue weighted by Crippen LogP contribution is 2.50. The van der Waals surface area contributed by atoms with Crippen LogP contribution in [0.25, 0.3) is 11.2 Å². The molecule has 3 aromatic rings. The van der Waals surface area contributed by atoms with Gasteiger partial charge in [0.1, 0.15) is 18.5 Å². The first-order chi connectivity index (χ1) is 21.3. The van der Waals surface area contributed by atoms with E-state index in [2.05, 4.69) is 31.0 Å². The highest BCUT2D eigenvalue weighted by atomic mass is 31.2. The van der Waals surface area contributed by atoms with Crippen molar-refractivity contribution in [2.45, 2.75) is 84.1 Å². The minimum Gasteiger partial charge on any atom is -0.396 e. The van der Waals surface area contributed by atoms with E-state index < -0.39 is 33.1 Å². The molecule has 1 unspecified atom stereocenters. The van der Waals surface area contributed by atoms with E-state index >= 15 is 0 Å². The third-order valence-electron chi connectivity index (χ3n) is 6.67. The average molecular weight is 615 g/mol. The van der Waals surface area contributed by atoms with Gasteiger partial charge in [0.05, 0.1) is 31.5 Å². The number of aromatic nitrogens is 4. The molecule has 2 aromatic heterocycles. The van der Waals surface area contributed by atoms with E-state index in [4.69, 9.17) is 25.2 Å². The minimum atomic E-state index is -1.66. The van der Waals surface area contributed by atoms with Crippen LogP contribution in [0.2, 0.25) is 0 Å². The average Bonchev–Trinajstić information content (AvgIpc) is 3.59. The number of aliphatic hydroxyl groups is 1. The first-order valence-corrected chi connectivity index (χ1v) is 15.4. The van der Waals surface area contributed by atoms with Gasteiger partial charge in [-0.1, -0.05) is 18.2 Å². The third-order valence-corrected chi connectivity index (χ3v) is 8.80. The van der Waals surface area contributed by atoms with Gasteiger partial charge >= 0.3 is 0 Å². The molecule has 0 saturated carbocycles. The fourth-order valence-corrected chi connectivity index (χ4v) is 6.59. The lowest BCUT2D eigenvalue weighted by Crippen LogP contribution is -2.39. The lowest BCUT2D eigenvalue weighted by molar-refractivity contribution is -0.0669. The second-order valence-corrected chi connectivity index (χ2v) is 11.9. The topological polar surface area (TPSA) is 157 Å². The van der Waals surface area contributed by atoms with Crippen molar-refractivity contribution in [3.05, 3.63) is 48.5 Å². The Balaban J connectivity index is 1.67. The highest BCUT2D eigenvalue weighted by molar-refractivity contribution is 7.44. The van der Waals surface area contributed by atoms with Gasteiger partial charge in [0.25, 0.3) is 14.4 Å². The molecule has 0 radical (unpaired) electrons. The number of rotatable bonds is 15. The Hall–Kier alpha value is -3.08. The Morgan fingerprint density at radius 2 is 1.98 bits per heavy atom. The molecule has 1 aliphatic rings. The summed E-state index contributed by atoms with van der Waals surface area (Å²) in [6.45, 7) is 8.41. The van der Waals surface area contributed by atoms with Crippen LogP contribution in [0.1, 0.15) is 65.4 Å². The fraction of sp³-hybridized carbons (Fsp3) is 0.552. The molecule has 1 aromatic carbocycles. The molecule has 0 spiro atoms. The van der Waals surface area contributed by atoms with Gasteiger partial charge in [0, 0.05) is 32.2 Å². The van der Waals surface area contributed by atoms with Crippen LogP contribution in [0.15, 0.2) is 43.0 Å². The predicted molar refractivity (Wildman–Crippen MR) is 161 cm³/mol. The maximum Gasteiger partial charge on any atom is 0.259 e. The van der Waals surface area contributed by atoms with E-state index in [1.54, 1.807) is 28.8 Å². The lowest BCUT2D eigenvalue weighted by Gasteiger charge is -2.38. The molecular weight excluding hydrogens is 573 g/mol. The second-order valence-electron chi connectivity index (χ2n) is 10.5. The van der Waals surface area contributed by atoms with Gasteiger partial charge in [-0.15, -0.1) is 0 Å². The zero-order chi connectivity index (χ0) is 31.6. The maximum atomic E-state index is 12.9. The number of nitrogens with one attached hydrogen (secondary N) is 1. The van der Waals surface area contributed by atoms with Crippen LogP contribution in [0, 0.1) is 11.3 Å². The van der Waals surface area contributed by atoms with Crippen molar-refractivity contribution in [1.29, 1.82) is 5.26 Å². The molecule has 0 aliphatic carbocycles. The molecule has 1 aliphatic heterocycles. The van der Waals surface area contributed by atoms with Gasteiger partial charge in [0.2, 0.25) is 0 Å². The van der Waals surface area contributed by atoms with Crippen LogP contribution in [-0.2, 0) is 18.5 Å². The van der Waals surface area contributed by atoms with Gasteiger partial charge in [-0.3, -0.25) is 9.36 Å². The van der Waals surface area contributed by atoms with Crippen LogP contribution < -0.4 is 5.32 Å². The van der Waals surface area contributed by atoms with Gasteiger partial charge < -0.3 is 28.9 Å². The van der Waals surface area contributed by atoms with Crippen LogP contribution in [0.4, 0.5) is 5.82 Å². The number of anilines is 1. The number of aliphatic hydroxyl groups excluding tert-OH is 1. The van der Waals surface area contributed by atoms with E-state index in [0.29, 0.717) is 23.1 Å². The largest absolute Gasteiger partial charge is 0.396 e. The van der Waals surface area contributed by atoms with E-state index in [-0.39, 0.29) is 56.9 Å². The molecule has 2 N–H and O–H groups in total. The SMILES string of the molecule is [2H]C[C@H]1O[C@@H](n2cnc3c(NC(=O)c4ccccc4)ncnc32)[C@H](OCCCO)[C@@H]1OP(OCCC#N)N(C(C)C)C(C)C. The summed E-state index contributed by atoms with van der Waals surface area (Å²) in [6.07, 6.45) is 0.530. The summed E-state index contributed by atoms with van der Waals surface area (Å²) >= 11 is 0. The molecule has 13 nitrogen and oxygen atoms in total. The first-order valence-electron chi connectivity index (χ1n) is 15.0. The zero-order valence-electron chi connectivity index (χ0n) is 25.9. The van der Waals surface area contributed by atoms with Crippen molar-refractivity contribution in [2.75, 3.05) is 25.1 Å². The maximum absolute atomic E-state index is 12.9. The number of amides is 1. The number of nitrogens with zero attached hydrogens (tertiary/aromatic N) is 6. The van der Waals surface area contributed by atoms with E-state index in [9.17, 15) is 9.90 Å². The molecule has 1 amide bonds. The molecule has 1 fully saturated rings. The van der Waals surface area contributed by atoms with Crippen molar-refractivity contribution in [1.82, 2.24) is 24.2 Å². The van der Waals surface area contributed by atoms with Gasteiger partial charge in [-0.25, -0.2) is 19.6 Å². The third kappa shape index (κ3) is 7.91. The van der Waals surface area contributed by atoms with Crippen LogP contribution in [0.3, 0.4) is 0 Å². The van der Waals surface area contributed by atoms with Gasteiger partial charge in [-0.2, -0.15) is 5.26 Å². The van der Waals surface area contributed by atoms with Gasteiger partial charge in [0.15, 0.2) is 23.2 Å². The van der Waals surface area contributed by atoms with Crippen molar-refractivity contribution < 1.29 is 29.8 Å². The molecule has 232 valence electrons. The molecular formula is C29H40N7O6P. The summed E-state index contributed by atoms with van der Waals surface area (Å²) in [6, 6.07) is 11.0. The summed E-state index contributed by atoms with van der Waals surface area (Å²) in [4.78, 5) is 26.0. The standard InChI is InChI=1S/C29H40N7O6P/c1-19(2)36(20(3)4)43(40-16-9-13-30)42-24-21(5)41-29(25(24)39-15-10-14-37)35-18-33-23-26(31-17-32-27(23)35)34-28(38)22-11-7-6-8-12-22/h6-8,11-12,17-21,24-25,29,37H,9-10,14-16H2,1-5H3,(H,31,32,34,38)/t21-,24-,25-,29-,43?/m1/s1/i5D. The fourth-order valence-electron chi connectivity index (χ4n) is 4.82. The van der Waals surface area contributed by atoms with Crippen molar-refractivity contribution in [2.24, 2.45) is 0 Å². The Morgan fingerprint density at radius 3 is 2.65 bits per heavy atom. The first kappa shape index (κ1) is 31.3. The number of nitriles is 1. The summed E-state index contributed by atoms with van der Waals surface area (Å²) in [5.74, 6) is -0.100. The second kappa shape index (κ2) is 15.6. The zero-order valence-corrected chi connectivity index (χ0v) is 25.8. The molecule has 3 heterocycles. The molecule has 5 atom stereocenters. The lowest BCUT2D eigenvalue weighted by atomic mass is 10.1. The number of ether oxygens (including phenoxy) is 2. The van der Waals surface area contributed by atoms with Crippen molar-refractivity contribution >= 4 is 31.4 Å². The van der Waals surface area contributed by atoms with E-state index in [1.165, 1.54) is 12.7 Å². The van der Waals surface area contributed by atoms with Crippen LogP contribution >= 0.6 is 8.53 Å². The number of carbonyl (C=O) groups excluding carboxylic acids is 1. The molecule has 4 rings (SSSR count). The number of benzene rings is 1. The summed E-state index contributed by atoms with van der Waals surface area (Å²) in [5.41, 5.74) is 1.22. The minimum absolute atomic E-state index is 0.0597. The Labute approximate surface area is 254 Å². The Kier molecular flexibility index (Phi) is 11.4.